The lowest BCUT2D eigenvalue weighted by molar-refractivity contribution is -0.143. The van der Waals surface area contributed by atoms with Crippen LogP contribution in [0.4, 0.5) is 0 Å². The van der Waals surface area contributed by atoms with Gasteiger partial charge in [-0.2, -0.15) is 4.99 Å². The standard InChI is InChI=1S/C24H20N2O3S/c1-2-29-22(27)16-26-20-10-6-7-11-21(20)30-24(26)25-23(28)19-14-12-18(13-15-19)17-8-4-3-5-9-17/h3-15H,2,16H2,1H3. The van der Waals surface area contributed by atoms with E-state index in [0.29, 0.717) is 17.0 Å². The molecule has 0 N–H and O–H groups in total. The minimum atomic E-state index is -0.359. The van der Waals surface area contributed by atoms with Crippen LogP contribution < -0.4 is 4.80 Å². The Kier molecular flexibility index (Phi) is 5.86. The molecule has 0 saturated carbocycles. The summed E-state index contributed by atoms with van der Waals surface area (Å²) in [5, 5.41) is 0. The van der Waals surface area contributed by atoms with Crippen LogP contribution >= 0.6 is 11.3 Å². The summed E-state index contributed by atoms with van der Waals surface area (Å²) in [6.45, 7) is 2.08. The fourth-order valence-electron chi connectivity index (χ4n) is 3.18. The second kappa shape index (κ2) is 8.88. The van der Waals surface area contributed by atoms with E-state index < -0.39 is 0 Å². The summed E-state index contributed by atoms with van der Waals surface area (Å²) >= 11 is 1.37. The topological polar surface area (TPSA) is 60.7 Å². The molecule has 1 amide bonds. The van der Waals surface area contributed by atoms with E-state index in [9.17, 15) is 9.59 Å². The van der Waals surface area contributed by atoms with Gasteiger partial charge in [-0.15, -0.1) is 0 Å². The molecule has 6 heteroatoms. The Morgan fingerprint density at radius 3 is 2.30 bits per heavy atom. The molecule has 150 valence electrons. The van der Waals surface area contributed by atoms with Crippen LogP contribution in [0.25, 0.3) is 21.3 Å². The lowest BCUT2D eigenvalue weighted by atomic mass is 10.0. The van der Waals surface area contributed by atoms with Crippen molar-refractivity contribution in [3.8, 4) is 11.1 Å². The predicted molar refractivity (Wildman–Crippen MR) is 118 cm³/mol. The number of aromatic nitrogens is 1. The fraction of sp³-hybridized carbons (Fsp3) is 0.125. The van der Waals surface area contributed by atoms with Crippen molar-refractivity contribution >= 4 is 33.4 Å². The molecule has 0 spiro atoms. The van der Waals surface area contributed by atoms with Gasteiger partial charge in [-0.25, -0.2) is 0 Å². The van der Waals surface area contributed by atoms with E-state index in [1.165, 1.54) is 11.3 Å². The summed E-state index contributed by atoms with van der Waals surface area (Å²) in [6.07, 6.45) is 0. The highest BCUT2D eigenvalue weighted by atomic mass is 32.1. The maximum Gasteiger partial charge on any atom is 0.326 e. The number of fused-ring (bicyclic) bond motifs is 1. The van der Waals surface area contributed by atoms with Crippen molar-refractivity contribution in [2.75, 3.05) is 6.61 Å². The van der Waals surface area contributed by atoms with Gasteiger partial charge in [-0.1, -0.05) is 65.9 Å². The minimum absolute atomic E-state index is 0.0108. The highest BCUT2D eigenvalue weighted by molar-refractivity contribution is 7.16. The molecule has 0 aliphatic heterocycles. The van der Waals surface area contributed by atoms with Crippen LogP contribution in [0.2, 0.25) is 0 Å². The summed E-state index contributed by atoms with van der Waals surface area (Å²) in [6, 6.07) is 25.0. The van der Waals surface area contributed by atoms with Crippen LogP contribution in [0, 0.1) is 0 Å². The first-order valence-electron chi connectivity index (χ1n) is 9.64. The van der Waals surface area contributed by atoms with Crippen molar-refractivity contribution in [3.63, 3.8) is 0 Å². The first-order valence-corrected chi connectivity index (χ1v) is 10.5. The van der Waals surface area contributed by atoms with Crippen molar-refractivity contribution in [2.45, 2.75) is 13.5 Å². The highest BCUT2D eigenvalue weighted by Gasteiger charge is 2.12. The smallest absolute Gasteiger partial charge is 0.326 e. The van der Waals surface area contributed by atoms with Crippen molar-refractivity contribution in [1.82, 2.24) is 4.57 Å². The normalized spacial score (nSPS) is 11.6. The largest absolute Gasteiger partial charge is 0.465 e. The van der Waals surface area contributed by atoms with Gasteiger partial charge in [-0.3, -0.25) is 9.59 Å². The molecule has 0 aliphatic rings. The van der Waals surface area contributed by atoms with Crippen molar-refractivity contribution in [1.29, 1.82) is 0 Å². The van der Waals surface area contributed by atoms with Gasteiger partial charge in [0.15, 0.2) is 4.80 Å². The molecular formula is C24H20N2O3S. The van der Waals surface area contributed by atoms with Gasteiger partial charge in [0, 0.05) is 5.56 Å². The summed E-state index contributed by atoms with van der Waals surface area (Å²) in [4.78, 5) is 29.7. The average Bonchev–Trinajstić information content (AvgIpc) is 3.11. The third-order valence-corrected chi connectivity index (χ3v) is 5.68. The van der Waals surface area contributed by atoms with E-state index in [4.69, 9.17) is 4.74 Å². The third-order valence-electron chi connectivity index (χ3n) is 4.62. The molecule has 3 aromatic carbocycles. The lowest BCUT2D eigenvalue weighted by Gasteiger charge is -2.05. The maximum absolute atomic E-state index is 12.8. The first kappa shape index (κ1) is 19.8. The summed E-state index contributed by atoms with van der Waals surface area (Å²) in [5.74, 6) is -0.707. The third kappa shape index (κ3) is 4.23. The number of hydrogen-bond acceptors (Lipinski definition) is 4. The van der Waals surface area contributed by atoms with E-state index in [2.05, 4.69) is 4.99 Å². The molecule has 0 atom stereocenters. The van der Waals surface area contributed by atoms with Gasteiger partial charge in [0.05, 0.1) is 16.8 Å². The second-order valence-electron chi connectivity index (χ2n) is 6.60. The van der Waals surface area contributed by atoms with E-state index in [-0.39, 0.29) is 18.4 Å². The number of benzene rings is 3. The van der Waals surface area contributed by atoms with Gasteiger partial charge in [-0.05, 0) is 42.3 Å². The van der Waals surface area contributed by atoms with E-state index in [1.54, 1.807) is 23.6 Å². The van der Waals surface area contributed by atoms with Crippen LogP contribution in [0.3, 0.4) is 0 Å². The number of esters is 1. The number of para-hydroxylation sites is 1. The Labute approximate surface area is 177 Å². The van der Waals surface area contributed by atoms with Gasteiger partial charge in [0.25, 0.3) is 5.91 Å². The number of ether oxygens (including phenoxy) is 1. The average molecular weight is 417 g/mol. The fourth-order valence-corrected chi connectivity index (χ4v) is 4.21. The minimum Gasteiger partial charge on any atom is -0.465 e. The summed E-state index contributed by atoms with van der Waals surface area (Å²) in [7, 11) is 0. The molecule has 4 aromatic rings. The Hall–Kier alpha value is -3.51. The quantitative estimate of drug-likeness (QED) is 0.444. The number of thiazole rings is 1. The van der Waals surface area contributed by atoms with Crippen LogP contribution in [0.1, 0.15) is 17.3 Å². The number of hydrogen-bond donors (Lipinski definition) is 0. The zero-order valence-corrected chi connectivity index (χ0v) is 17.3. The van der Waals surface area contributed by atoms with Crippen LogP contribution in [-0.2, 0) is 16.1 Å². The SMILES string of the molecule is CCOC(=O)Cn1c(=NC(=O)c2ccc(-c3ccccc3)cc2)sc2ccccc21. The van der Waals surface area contributed by atoms with Gasteiger partial charge < -0.3 is 9.30 Å². The Morgan fingerprint density at radius 1 is 0.900 bits per heavy atom. The highest BCUT2D eigenvalue weighted by Crippen LogP contribution is 2.20. The van der Waals surface area contributed by atoms with E-state index in [1.807, 2.05) is 66.7 Å². The van der Waals surface area contributed by atoms with E-state index >= 15 is 0 Å². The molecular weight excluding hydrogens is 396 g/mol. The zero-order valence-electron chi connectivity index (χ0n) is 16.4. The Bertz CT molecular complexity index is 1260. The monoisotopic (exact) mass is 416 g/mol. The summed E-state index contributed by atoms with van der Waals surface area (Å²) < 4.78 is 7.76. The molecule has 0 bridgehead atoms. The number of carbonyl (C=O) groups is 2. The molecule has 30 heavy (non-hydrogen) atoms. The van der Waals surface area contributed by atoms with Crippen molar-refractivity contribution < 1.29 is 14.3 Å². The predicted octanol–water partition coefficient (Wildman–Crippen LogP) is 4.67. The Balaban J connectivity index is 1.68. The molecule has 5 nitrogen and oxygen atoms in total. The van der Waals surface area contributed by atoms with Gasteiger partial charge in [0.2, 0.25) is 0 Å². The number of carbonyl (C=O) groups excluding carboxylic acids is 2. The molecule has 0 saturated heterocycles. The molecule has 1 aromatic heterocycles. The Morgan fingerprint density at radius 2 is 1.57 bits per heavy atom. The number of amides is 1. The van der Waals surface area contributed by atoms with Crippen LogP contribution in [0.5, 0.6) is 0 Å². The molecule has 0 unspecified atom stereocenters. The molecule has 4 rings (SSSR count). The number of rotatable bonds is 5. The first-order chi connectivity index (χ1) is 14.7. The van der Waals surface area contributed by atoms with Crippen molar-refractivity contribution in [3.05, 3.63) is 89.2 Å². The molecule has 1 heterocycles. The molecule has 0 aliphatic carbocycles. The van der Waals surface area contributed by atoms with Gasteiger partial charge >= 0.3 is 5.97 Å². The molecule has 0 fully saturated rings. The van der Waals surface area contributed by atoms with E-state index in [0.717, 1.165) is 21.3 Å². The zero-order chi connectivity index (χ0) is 20.9. The van der Waals surface area contributed by atoms with Crippen LogP contribution in [-0.4, -0.2) is 23.1 Å². The summed E-state index contributed by atoms with van der Waals surface area (Å²) in [5.41, 5.74) is 3.47. The maximum atomic E-state index is 12.8. The van der Waals surface area contributed by atoms with Crippen LogP contribution in [0.15, 0.2) is 83.9 Å². The van der Waals surface area contributed by atoms with Gasteiger partial charge in [0.1, 0.15) is 6.54 Å². The van der Waals surface area contributed by atoms with Crippen molar-refractivity contribution in [2.24, 2.45) is 4.99 Å². The lowest BCUT2D eigenvalue weighted by Crippen LogP contribution is -2.23. The second-order valence-corrected chi connectivity index (χ2v) is 7.61. The number of nitrogens with zero attached hydrogens (tertiary/aromatic N) is 2. The molecule has 0 radical (unpaired) electrons.